The molecule has 7 nitrogen and oxygen atoms in total. The van der Waals surface area contributed by atoms with Crippen LogP contribution in [0.25, 0.3) is 0 Å². The average Bonchev–Trinajstić information content (AvgIpc) is 3.03. The lowest BCUT2D eigenvalue weighted by Crippen LogP contribution is -2.41. The molecule has 0 bridgehead atoms. The van der Waals surface area contributed by atoms with Crippen molar-refractivity contribution in [1.29, 1.82) is 5.26 Å². The fraction of sp³-hybridized carbons (Fsp3) is 0.316. The van der Waals surface area contributed by atoms with Gasteiger partial charge < -0.3 is 10.2 Å². The Balaban J connectivity index is 1.70. The van der Waals surface area contributed by atoms with E-state index in [9.17, 15) is 13.2 Å². The van der Waals surface area contributed by atoms with Gasteiger partial charge >= 0.3 is 0 Å². The molecule has 3 rings (SSSR count). The maximum Gasteiger partial charge on any atom is 0.272 e. The van der Waals surface area contributed by atoms with Crippen LogP contribution in [0.3, 0.4) is 0 Å². The summed E-state index contributed by atoms with van der Waals surface area (Å²) < 4.78 is 23.4. The third kappa shape index (κ3) is 4.44. The van der Waals surface area contributed by atoms with E-state index in [0.29, 0.717) is 24.2 Å². The van der Waals surface area contributed by atoms with Gasteiger partial charge in [-0.25, -0.2) is 13.4 Å². The minimum Gasteiger partial charge on any atom is -0.354 e. The highest BCUT2D eigenvalue weighted by Crippen LogP contribution is 2.21. The number of hydrogen-bond donors (Lipinski definition) is 1. The maximum atomic E-state index is 12.7. The highest BCUT2D eigenvalue weighted by molar-refractivity contribution is 7.91. The second-order valence-electron chi connectivity index (χ2n) is 6.39. The van der Waals surface area contributed by atoms with Crippen LogP contribution in [-0.2, 0) is 9.84 Å². The number of carbonyl (C=O) groups is 1. The number of nitrogens with one attached hydrogen (secondary N) is 1. The largest absolute Gasteiger partial charge is 0.354 e. The van der Waals surface area contributed by atoms with Crippen LogP contribution in [0.5, 0.6) is 0 Å². The van der Waals surface area contributed by atoms with Gasteiger partial charge in [-0.2, -0.15) is 5.26 Å². The van der Waals surface area contributed by atoms with E-state index in [1.165, 1.54) is 0 Å². The summed E-state index contributed by atoms with van der Waals surface area (Å²) in [6, 6.07) is 12.1. The smallest absolute Gasteiger partial charge is 0.272 e. The molecule has 140 valence electrons. The van der Waals surface area contributed by atoms with Crippen molar-refractivity contribution in [3.05, 3.63) is 53.9 Å². The molecule has 1 fully saturated rings. The van der Waals surface area contributed by atoms with Gasteiger partial charge in [0.25, 0.3) is 5.91 Å². The Hall–Kier alpha value is -2.92. The van der Waals surface area contributed by atoms with E-state index < -0.39 is 9.84 Å². The van der Waals surface area contributed by atoms with Gasteiger partial charge in [-0.05, 0) is 49.7 Å². The van der Waals surface area contributed by atoms with Crippen molar-refractivity contribution < 1.29 is 13.2 Å². The molecule has 1 atom stereocenters. The van der Waals surface area contributed by atoms with Crippen LogP contribution in [0, 0.1) is 11.3 Å². The molecule has 1 saturated heterocycles. The highest BCUT2D eigenvalue weighted by Gasteiger charge is 2.34. The molecule has 0 radical (unpaired) electrons. The van der Waals surface area contributed by atoms with Crippen molar-refractivity contribution in [1.82, 2.24) is 9.88 Å². The predicted molar refractivity (Wildman–Crippen MR) is 102 cm³/mol. The lowest BCUT2D eigenvalue weighted by molar-refractivity contribution is 0.0702. The van der Waals surface area contributed by atoms with E-state index >= 15 is 0 Å². The molecule has 2 aromatic rings. The van der Waals surface area contributed by atoms with Crippen LogP contribution in [0.2, 0.25) is 0 Å². The quantitative estimate of drug-likeness (QED) is 0.849. The van der Waals surface area contributed by atoms with Crippen molar-refractivity contribution in [3.8, 4) is 6.07 Å². The molecule has 0 aliphatic carbocycles. The first kappa shape index (κ1) is 18.9. The summed E-state index contributed by atoms with van der Waals surface area (Å²) >= 11 is 0. The van der Waals surface area contributed by atoms with Crippen LogP contribution in [-0.4, -0.2) is 48.3 Å². The molecule has 1 amide bonds. The van der Waals surface area contributed by atoms with E-state index in [0.717, 1.165) is 5.69 Å². The van der Waals surface area contributed by atoms with E-state index in [1.54, 1.807) is 47.5 Å². The Bertz CT molecular complexity index is 964. The first-order valence-electron chi connectivity index (χ1n) is 8.66. The number of pyridine rings is 1. The standard InChI is InChI=1S/C19H20N4O3S/c1-2-23(17-9-10-27(25,26)13-17)19(24)18-8-7-16(12-21-18)22-15-5-3-14(11-20)4-6-15/h3-8,12,17,22H,2,9-10,13H2,1H3. The van der Waals surface area contributed by atoms with Gasteiger partial charge in [-0.15, -0.1) is 0 Å². The van der Waals surface area contributed by atoms with Gasteiger partial charge in [0.05, 0.1) is 35.0 Å². The number of carbonyl (C=O) groups excluding carboxylic acids is 1. The van der Waals surface area contributed by atoms with Gasteiger partial charge in [0.1, 0.15) is 5.69 Å². The van der Waals surface area contributed by atoms with Gasteiger partial charge in [0, 0.05) is 18.3 Å². The molecule has 1 aliphatic rings. The fourth-order valence-corrected chi connectivity index (χ4v) is 4.86. The summed E-state index contributed by atoms with van der Waals surface area (Å²) in [6.45, 7) is 2.27. The number of rotatable bonds is 5. The highest BCUT2D eigenvalue weighted by atomic mass is 32.2. The maximum absolute atomic E-state index is 12.7. The third-order valence-corrected chi connectivity index (χ3v) is 6.29. The van der Waals surface area contributed by atoms with E-state index in [4.69, 9.17) is 5.26 Å². The van der Waals surface area contributed by atoms with Crippen molar-refractivity contribution in [2.45, 2.75) is 19.4 Å². The monoisotopic (exact) mass is 384 g/mol. The van der Waals surface area contributed by atoms with Gasteiger partial charge in [-0.3, -0.25) is 4.79 Å². The molecule has 1 aromatic carbocycles. The van der Waals surface area contributed by atoms with Crippen molar-refractivity contribution >= 4 is 27.1 Å². The summed E-state index contributed by atoms with van der Waals surface area (Å²) in [5.41, 5.74) is 2.38. The number of anilines is 2. The van der Waals surface area contributed by atoms with Crippen molar-refractivity contribution in [3.63, 3.8) is 0 Å². The first-order chi connectivity index (χ1) is 12.9. The number of aromatic nitrogens is 1. The lowest BCUT2D eigenvalue weighted by Gasteiger charge is -2.26. The molecule has 2 heterocycles. The summed E-state index contributed by atoms with van der Waals surface area (Å²) in [5, 5.41) is 12.0. The molecule has 1 N–H and O–H groups in total. The summed E-state index contributed by atoms with van der Waals surface area (Å²) in [6.07, 6.45) is 2.03. The summed E-state index contributed by atoms with van der Waals surface area (Å²) in [5.74, 6) is -0.114. The Kier molecular flexibility index (Phi) is 5.42. The Morgan fingerprint density at radius 2 is 1.96 bits per heavy atom. The van der Waals surface area contributed by atoms with Crippen LogP contribution in [0.1, 0.15) is 29.4 Å². The SMILES string of the molecule is CCN(C(=O)c1ccc(Nc2ccc(C#N)cc2)cn1)C1CCS(=O)(=O)C1. The molecule has 0 saturated carbocycles. The Labute approximate surface area is 158 Å². The van der Waals surface area contributed by atoms with Crippen molar-refractivity contribution in [2.75, 3.05) is 23.4 Å². The Morgan fingerprint density at radius 1 is 1.26 bits per heavy atom. The van der Waals surface area contributed by atoms with Gasteiger partial charge in [-0.1, -0.05) is 0 Å². The topological polar surface area (TPSA) is 103 Å². The van der Waals surface area contributed by atoms with Gasteiger partial charge in [0.15, 0.2) is 9.84 Å². The second-order valence-corrected chi connectivity index (χ2v) is 8.62. The zero-order valence-electron chi connectivity index (χ0n) is 14.9. The first-order valence-corrected chi connectivity index (χ1v) is 10.5. The minimum absolute atomic E-state index is 0.0188. The average molecular weight is 384 g/mol. The third-order valence-electron chi connectivity index (χ3n) is 4.54. The molecule has 1 unspecified atom stereocenters. The molecule has 8 heteroatoms. The van der Waals surface area contributed by atoms with E-state index in [1.807, 2.05) is 6.92 Å². The minimum atomic E-state index is -3.06. The zero-order valence-corrected chi connectivity index (χ0v) is 15.7. The molecular formula is C19H20N4O3S. The number of benzene rings is 1. The zero-order chi connectivity index (χ0) is 19.4. The van der Waals surface area contributed by atoms with Crippen LogP contribution in [0.15, 0.2) is 42.6 Å². The van der Waals surface area contributed by atoms with Crippen LogP contribution >= 0.6 is 0 Å². The van der Waals surface area contributed by atoms with E-state index in [-0.39, 0.29) is 29.1 Å². The lowest BCUT2D eigenvalue weighted by atomic mass is 10.2. The molecule has 27 heavy (non-hydrogen) atoms. The molecular weight excluding hydrogens is 364 g/mol. The second kappa shape index (κ2) is 7.76. The van der Waals surface area contributed by atoms with Gasteiger partial charge in [0.2, 0.25) is 0 Å². The van der Waals surface area contributed by atoms with Crippen LogP contribution < -0.4 is 5.32 Å². The number of amides is 1. The van der Waals surface area contributed by atoms with Crippen molar-refractivity contribution in [2.24, 2.45) is 0 Å². The molecule has 0 spiro atoms. The number of hydrogen-bond acceptors (Lipinski definition) is 6. The summed E-state index contributed by atoms with van der Waals surface area (Å²) in [7, 11) is -3.06. The van der Waals surface area contributed by atoms with E-state index in [2.05, 4.69) is 16.4 Å². The Morgan fingerprint density at radius 3 is 2.48 bits per heavy atom. The molecule has 1 aromatic heterocycles. The fourth-order valence-electron chi connectivity index (χ4n) is 3.13. The normalized spacial score (nSPS) is 17.9. The number of nitrogens with zero attached hydrogens (tertiary/aromatic N) is 3. The number of sulfone groups is 1. The molecule has 1 aliphatic heterocycles. The van der Waals surface area contributed by atoms with Crippen LogP contribution in [0.4, 0.5) is 11.4 Å². The number of nitriles is 1. The summed E-state index contributed by atoms with van der Waals surface area (Å²) in [4.78, 5) is 18.5. The predicted octanol–water partition coefficient (Wildman–Crippen LogP) is 2.35.